The monoisotopic (exact) mass is 237 g/mol. The van der Waals surface area contributed by atoms with Gasteiger partial charge in [0.1, 0.15) is 5.54 Å². The third-order valence-corrected chi connectivity index (χ3v) is 4.05. The lowest BCUT2D eigenvalue weighted by molar-refractivity contribution is -0.0943. The predicted molar refractivity (Wildman–Crippen MR) is 66.6 cm³/mol. The van der Waals surface area contributed by atoms with Crippen LogP contribution in [0.5, 0.6) is 0 Å². The second-order valence-corrected chi connectivity index (χ2v) is 6.26. The highest BCUT2D eigenvalue weighted by Gasteiger charge is 2.60. The van der Waals surface area contributed by atoms with Crippen LogP contribution in [0.15, 0.2) is 0 Å². The van der Waals surface area contributed by atoms with Crippen molar-refractivity contribution in [2.45, 2.75) is 50.9 Å². The van der Waals surface area contributed by atoms with Crippen LogP contribution < -0.4 is 5.32 Å². The van der Waals surface area contributed by atoms with E-state index in [4.69, 9.17) is 4.74 Å². The van der Waals surface area contributed by atoms with Gasteiger partial charge in [-0.2, -0.15) is 5.26 Å². The fourth-order valence-corrected chi connectivity index (χ4v) is 3.42. The van der Waals surface area contributed by atoms with Crippen molar-refractivity contribution in [3.8, 4) is 6.07 Å². The normalized spacial score (nSPS) is 36.6. The molecule has 2 aliphatic heterocycles. The number of nitrogens with zero attached hydrogens (tertiary/aromatic N) is 2. The van der Waals surface area contributed by atoms with Gasteiger partial charge in [-0.05, 0) is 27.7 Å². The molecule has 2 fully saturated rings. The maximum atomic E-state index is 9.74. The topological polar surface area (TPSA) is 48.3 Å². The van der Waals surface area contributed by atoms with Crippen molar-refractivity contribution in [3.63, 3.8) is 0 Å². The SMILES string of the molecule is CC1(C)CC(C#N)(N2CCNCC2)C(C)(C)O1. The summed E-state index contributed by atoms with van der Waals surface area (Å²) < 4.78 is 6.11. The summed E-state index contributed by atoms with van der Waals surface area (Å²) in [5, 5.41) is 13.1. The Hall–Kier alpha value is -0.630. The number of hydrogen-bond acceptors (Lipinski definition) is 4. The Labute approximate surface area is 104 Å². The summed E-state index contributed by atoms with van der Waals surface area (Å²) in [4.78, 5) is 2.30. The van der Waals surface area contributed by atoms with E-state index in [0.717, 1.165) is 32.6 Å². The lowest BCUT2D eigenvalue weighted by atomic mass is 9.78. The van der Waals surface area contributed by atoms with Crippen molar-refractivity contribution in [3.05, 3.63) is 0 Å². The van der Waals surface area contributed by atoms with Crippen LogP contribution in [0.4, 0.5) is 0 Å². The number of nitrogens with one attached hydrogen (secondary N) is 1. The Morgan fingerprint density at radius 3 is 2.18 bits per heavy atom. The number of ether oxygens (including phenoxy) is 1. The molecule has 2 saturated heterocycles. The van der Waals surface area contributed by atoms with Gasteiger partial charge in [0.2, 0.25) is 0 Å². The maximum Gasteiger partial charge on any atom is 0.140 e. The van der Waals surface area contributed by atoms with Gasteiger partial charge in [0.15, 0.2) is 0 Å². The van der Waals surface area contributed by atoms with Gasteiger partial charge < -0.3 is 10.1 Å². The van der Waals surface area contributed by atoms with Gasteiger partial charge in [-0.1, -0.05) is 0 Å². The molecule has 2 aliphatic rings. The molecule has 1 N–H and O–H groups in total. The van der Waals surface area contributed by atoms with Gasteiger partial charge in [-0.25, -0.2) is 0 Å². The Morgan fingerprint density at radius 1 is 1.18 bits per heavy atom. The van der Waals surface area contributed by atoms with Crippen LogP contribution in [0, 0.1) is 11.3 Å². The van der Waals surface area contributed by atoms with E-state index in [1.807, 2.05) is 13.8 Å². The lowest BCUT2D eigenvalue weighted by Crippen LogP contribution is -2.62. The van der Waals surface area contributed by atoms with E-state index in [1.165, 1.54) is 0 Å². The Morgan fingerprint density at radius 2 is 1.76 bits per heavy atom. The van der Waals surface area contributed by atoms with Crippen molar-refractivity contribution in [1.29, 1.82) is 5.26 Å². The average Bonchev–Trinajstić information content (AvgIpc) is 2.45. The highest BCUT2D eigenvalue weighted by atomic mass is 16.5. The number of nitriles is 1. The van der Waals surface area contributed by atoms with E-state index in [2.05, 4.69) is 30.1 Å². The Balaban J connectivity index is 2.33. The standard InChI is InChI=1S/C13H23N3O/c1-11(2)9-13(10-14,12(3,4)17-11)16-7-5-15-6-8-16/h15H,5-9H2,1-4H3. The van der Waals surface area contributed by atoms with Gasteiger partial charge in [0.25, 0.3) is 0 Å². The number of piperazine rings is 1. The summed E-state index contributed by atoms with van der Waals surface area (Å²) in [6.45, 7) is 12.0. The molecule has 4 heteroatoms. The number of rotatable bonds is 1. The average molecular weight is 237 g/mol. The van der Waals surface area contributed by atoms with Crippen LogP contribution in [0.2, 0.25) is 0 Å². The molecule has 4 nitrogen and oxygen atoms in total. The first-order chi connectivity index (χ1) is 7.83. The van der Waals surface area contributed by atoms with Crippen LogP contribution in [0.1, 0.15) is 34.1 Å². The zero-order valence-electron chi connectivity index (χ0n) is 11.3. The summed E-state index contributed by atoms with van der Waals surface area (Å²) in [6, 6.07) is 2.57. The molecule has 0 radical (unpaired) electrons. The van der Waals surface area contributed by atoms with Gasteiger partial charge >= 0.3 is 0 Å². The van der Waals surface area contributed by atoms with E-state index in [0.29, 0.717) is 0 Å². The molecule has 0 spiro atoms. The Bertz CT molecular complexity index is 339. The first-order valence-corrected chi connectivity index (χ1v) is 6.40. The predicted octanol–water partition coefficient (Wildman–Crippen LogP) is 1.13. The molecular formula is C13H23N3O. The molecule has 17 heavy (non-hydrogen) atoms. The third kappa shape index (κ3) is 1.97. The van der Waals surface area contributed by atoms with E-state index in [-0.39, 0.29) is 5.60 Å². The first-order valence-electron chi connectivity index (χ1n) is 6.40. The molecule has 1 atom stereocenters. The quantitative estimate of drug-likeness (QED) is 0.743. The minimum Gasteiger partial charge on any atom is -0.367 e. The van der Waals surface area contributed by atoms with Crippen LogP contribution in [0.25, 0.3) is 0 Å². The van der Waals surface area contributed by atoms with Crippen LogP contribution in [0.3, 0.4) is 0 Å². The molecule has 0 aromatic rings. The zero-order valence-corrected chi connectivity index (χ0v) is 11.3. The van der Waals surface area contributed by atoms with Crippen molar-refractivity contribution in [1.82, 2.24) is 10.2 Å². The second-order valence-electron chi connectivity index (χ2n) is 6.26. The van der Waals surface area contributed by atoms with E-state index < -0.39 is 11.1 Å². The highest BCUT2D eigenvalue weighted by Crippen LogP contribution is 2.48. The summed E-state index contributed by atoms with van der Waals surface area (Å²) in [5.41, 5.74) is -1.12. The Kier molecular flexibility index (Phi) is 2.97. The molecule has 96 valence electrons. The molecular weight excluding hydrogens is 214 g/mol. The molecule has 0 bridgehead atoms. The van der Waals surface area contributed by atoms with Gasteiger partial charge in [0, 0.05) is 32.6 Å². The molecule has 0 aromatic heterocycles. The molecule has 0 aromatic carbocycles. The van der Waals surface area contributed by atoms with E-state index in [1.54, 1.807) is 0 Å². The van der Waals surface area contributed by atoms with E-state index in [9.17, 15) is 5.26 Å². The zero-order chi connectivity index (χ0) is 12.7. The fourth-order valence-electron chi connectivity index (χ4n) is 3.42. The van der Waals surface area contributed by atoms with Crippen LogP contribution >= 0.6 is 0 Å². The van der Waals surface area contributed by atoms with Crippen LogP contribution in [-0.4, -0.2) is 47.8 Å². The van der Waals surface area contributed by atoms with E-state index >= 15 is 0 Å². The summed E-state index contributed by atoms with van der Waals surface area (Å²) in [7, 11) is 0. The van der Waals surface area contributed by atoms with Gasteiger partial charge in [-0.15, -0.1) is 0 Å². The summed E-state index contributed by atoms with van der Waals surface area (Å²) in [5.74, 6) is 0. The van der Waals surface area contributed by atoms with Gasteiger partial charge in [-0.3, -0.25) is 4.90 Å². The smallest absolute Gasteiger partial charge is 0.140 e. The molecule has 2 heterocycles. The minimum atomic E-state index is -0.487. The lowest BCUT2D eigenvalue weighted by Gasteiger charge is -2.44. The van der Waals surface area contributed by atoms with Crippen molar-refractivity contribution < 1.29 is 4.74 Å². The first kappa shape index (κ1) is 12.8. The van der Waals surface area contributed by atoms with Crippen molar-refractivity contribution in [2.24, 2.45) is 0 Å². The molecule has 1 unspecified atom stereocenters. The molecule has 2 rings (SSSR count). The largest absolute Gasteiger partial charge is 0.367 e. The van der Waals surface area contributed by atoms with Gasteiger partial charge in [0.05, 0.1) is 17.3 Å². The minimum absolute atomic E-state index is 0.218. The summed E-state index contributed by atoms with van der Waals surface area (Å²) >= 11 is 0. The number of hydrogen-bond donors (Lipinski definition) is 1. The van der Waals surface area contributed by atoms with Crippen molar-refractivity contribution >= 4 is 0 Å². The highest BCUT2D eigenvalue weighted by molar-refractivity contribution is 5.24. The maximum absolute atomic E-state index is 9.74. The second kappa shape index (κ2) is 3.94. The molecule has 0 saturated carbocycles. The fraction of sp³-hybridized carbons (Fsp3) is 0.923. The van der Waals surface area contributed by atoms with Crippen LogP contribution in [-0.2, 0) is 4.74 Å². The third-order valence-electron chi connectivity index (χ3n) is 4.05. The molecule has 0 aliphatic carbocycles. The summed E-state index contributed by atoms with van der Waals surface area (Å²) in [6.07, 6.45) is 0.781. The molecule has 0 amide bonds. The van der Waals surface area contributed by atoms with Crippen molar-refractivity contribution in [2.75, 3.05) is 26.2 Å².